The minimum absolute atomic E-state index is 0.182. The predicted molar refractivity (Wildman–Crippen MR) is 94.9 cm³/mol. The Kier molecular flexibility index (Phi) is 4.78. The zero-order valence-corrected chi connectivity index (χ0v) is 14.7. The average molecular weight is 344 g/mol. The third-order valence-electron chi connectivity index (χ3n) is 4.87. The number of thiophene rings is 1. The molecule has 2 aliphatic rings. The molecule has 6 heteroatoms. The fraction of sp³-hybridized carbons (Fsp3) is 0.556. The molecule has 24 heavy (non-hydrogen) atoms. The van der Waals surface area contributed by atoms with E-state index in [1.54, 1.807) is 17.4 Å². The fourth-order valence-electron chi connectivity index (χ4n) is 3.39. The van der Waals surface area contributed by atoms with Gasteiger partial charge in [0, 0.05) is 26.1 Å². The highest BCUT2D eigenvalue weighted by Gasteiger charge is 2.33. The standard InChI is InChI=1S/C18H24N4OS/c1-2-8-23-12-17-18-16(22(20-19-18)11-14-3-4-14)5-7-21(17)10-15-6-9-24-13-15/h2,6,9,13-14,17H,1,3-5,7-8,10-12H2/t17-/m1/s1. The number of nitrogens with zero attached hydrogens (tertiary/aromatic N) is 4. The van der Waals surface area contributed by atoms with Crippen LogP contribution in [-0.4, -0.2) is 39.7 Å². The van der Waals surface area contributed by atoms with Crippen molar-refractivity contribution >= 4 is 11.3 Å². The zero-order chi connectivity index (χ0) is 16.4. The quantitative estimate of drug-likeness (QED) is 0.545. The van der Waals surface area contributed by atoms with Gasteiger partial charge < -0.3 is 4.74 Å². The summed E-state index contributed by atoms with van der Waals surface area (Å²) < 4.78 is 7.95. The van der Waals surface area contributed by atoms with Gasteiger partial charge in [0.05, 0.1) is 24.9 Å². The molecule has 0 unspecified atom stereocenters. The molecule has 0 aromatic carbocycles. The van der Waals surface area contributed by atoms with Crippen molar-refractivity contribution in [2.45, 2.75) is 38.4 Å². The predicted octanol–water partition coefficient (Wildman–Crippen LogP) is 3.05. The molecule has 1 fully saturated rings. The first kappa shape index (κ1) is 16.0. The monoisotopic (exact) mass is 344 g/mol. The number of fused-ring (bicyclic) bond motifs is 1. The van der Waals surface area contributed by atoms with Crippen LogP contribution in [0.4, 0.5) is 0 Å². The average Bonchev–Trinajstić information content (AvgIpc) is 3.08. The lowest BCUT2D eigenvalue weighted by Crippen LogP contribution is -2.38. The van der Waals surface area contributed by atoms with Gasteiger partial charge in [-0.3, -0.25) is 4.90 Å². The van der Waals surface area contributed by atoms with E-state index in [1.807, 2.05) is 0 Å². The van der Waals surface area contributed by atoms with Crippen LogP contribution in [0.15, 0.2) is 29.5 Å². The molecule has 0 N–H and O–H groups in total. The molecule has 1 saturated carbocycles. The molecule has 0 saturated heterocycles. The van der Waals surface area contributed by atoms with E-state index >= 15 is 0 Å². The first-order chi connectivity index (χ1) is 11.8. The van der Waals surface area contributed by atoms with E-state index in [-0.39, 0.29) is 6.04 Å². The summed E-state index contributed by atoms with van der Waals surface area (Å²) in [7, 11) is 0. The highest BCUT2D eigenvalue weighted by Crippen LogP contribution is 2.34. The number of aromatic nitrogens is 3. The number of hydrogen-bond acceptors (Lipinski definition) is 5. The van der Waals surface area contributed by atoms with Crippen LogP contribution in [0, 0.1) is 5.92 Å². The molecule has 4 rings (SSSR count). The van der Waals surface area contributed by atoms with Gasteiger partial charge in [-0.2, -0.15) is 11.3 Å². The van der Waals surface area contributed by atoms with Crippen LogP contribution in [0.25, 0.3) is 0 Å². The molecule has 3 heterocycles. The lowest BCUT2D eigenvalue weighted by atomic mass is 10.0. The van der Waals surface area contributed by atoms with E-state index in [9.17, 15) is 0 Å². The van der Waals surface area contributed by atoms with Crippen LogP contribution in [0.1, 0.15) is 35.8 Å². The van der Waals surface area contributed by atoms with E-state index in [4.69, 9.17) is 4.74 Å². The highest BCUT2D eigenvalue weighted by atomic mass is 32.1. The SMILES string of the molecule is C=CCOC[C@@H]1c2nnn(CC3CC3)c2CCN1Cc1ccsc1. The van der Waals surface area contributed by atoms with Gasteiger partial charge in [-0.25, -0.2) is 4.68 Å². The van der Waals surface area contributed by atoms with E-state index in [0.29, 0.717) is 13.2 Å². The third-order valence-corrected chi connectivity index (χ3v) is 5.60. The maximum Gasteiger partial charge on any atom is 0.105 e. The van der Waals surface area contributed by atoms with Crippen molar-refractivity contribution in [3.05, 3.63) is 46.4 Å². The summed E-state index contributed by atoms with van der Waals surface area (Å²) in [4.78, 5) is 2.48. The van der Waals surface area contributed by atoms with Crippen LogP contribution in [0.2, 0.25) is 0 Å². The maximum atomic E-state index is 5.80. The largest absolute Gasteiger partial charge is 0.375 e. The molecule has 5 nitrogen and oxygen atoms in total. The van der Waals surface area contributed by atoms with Gasteiger partial charge in [0.25, 0.3) is 0 Å². The Labute approximate surface area is 146 Å². The Morgan fingerprint density at radius 1 is 1.42 bits per heavy atom. The van der Waals surface area contributed by atoms with E-state index in [0.717, 1.165) is 37.7 Å². The van der Waals surface area contributed by atoms with Gasteiger partial charge in [-0.05, 0) is 41.1 Å². The molecule has 2 aromatic rings. The summed E-state index contributed by atoms with van der Waals surface area (Å²) in [6.07, 6.45) is 5.50. The molecule has 0 bridgehead atoms. The Hall–Kier alpha value is -1.50. The maximum absolute atomic E-state index is 5.80. The summed E-state index contributed by atoms with van der Waals surface area (Å²) in [6.45, 7) is 7.97. The van der Waals surface area contributed by atoms with Crippen molar-refractivity contribution in [3.8, 4) is 0 Å². The Morgan fingerprint density at radius 3 is 3.08 bits per heavy atom. The Bertz CT molecular complexity index is 677. The van der Waals surface area contributed by atoms with Crippen LogP contribution >= 0.6 is 11.3 Å². The molecule has 1 aliphatic heterocycles. The number of rotatable bonds is 8. The second-order valence-electron chi connectivity index (χ2n) is 6.74. The summed E-state index contributed by atoms with van der Waals surface area (Å²) in [6, 6.07) is 2.38. The zero-order valence-electron chi connectivity index (χ0n) is 13.9. The van der Waals surface area contributed by atoms with E-state index < -0.39 is 0 Å². The normalized spacial score (nSPS) is 20.9. The second-order valence-corrected chi connectivity index (χ2v) is 7.52. The van der Waals surface area contributed by atoms with Crippen LogP contribution < -0.4 is 0 Å². The second kappa shape index (κ2) is 7.17. The van der Waals surface area contributed by atoms with Crippen molar-refractivity contribution in [1.82, 2.24) is 19.9 Å². The summed E-state index contributed by atoms with van der Waals surface area (Å²) in [5.41, 5.74) is 3.79. The van der Waals surface area contributed by atoms with Gasteiger partial charge >= 0.3 is 0 Å². The molecule has 128 valence electrons. The van der Waals surface area contributed by atoms with E-state index in [1.165, 1.54) is 24.1 Å². The molecule has 0 spiro atoms. The fourth-order valence-corrected chi connectivity index (χ4v) is 4.05. The number of hydrogen-bond donors (Lipinski definition) is 0. The van der Waals surface area contributed by atoms with Crippen molar-refractivity contribution in [1.29, 1.82) is 0 Å². The highest BCUT2D eigenvalue weighted by molar-refractivity contribution is 7.07. The van der Waals surface area contributed by atoms with Gasteiger partial charge in [0.15, 0.2) is 0 Å². The molecule has 0 amide bonds. The summed E-state index contributed by atoms with van der Waals surface area (Å²) in [5, 5.41) is 13.4. The smallest absolute Gasteiger partial charge is 0.105 e. The van der Waals surface area contributed by atoms with Crippen molar-refractivity contribution in [2.75, 3.05) is 19.8 Å². The molecule has 1 atom stereocenters. The Morgan fingerprint density at radius 2 is 2.33 bits per heavy atom. The summed E-state index contributed by atoms with van der Waals surface area (Å²) >= 11 is 1.75. The van der Waals surface area contributed by atoms with Crippen LogP contribution in [0.3, 0.4) is 0 Å². The lowest BCUT2D eigenvalue weighted by molar-refractivity contribution is 0.0599. The molecule has 2 aromatic heterocycles. The van der Waals surface area contributed by atoms with Gasteiger partial charge in [-0.1, -0.05) is 11.3 Å². The lowest BCUT2D eigenvalue weighted by Gasteiger charge is -2.34. The van der Waals surface area contributed by atoms with Crippen LogP contribution in [-0.2, 0) is 24.2 Å². The molecular weight excluding hydrogens is 320 g/mol. The molecule has 1 aliphatic carbocycles. The van der Waals surface area contributed by atoms with Gasteiger partial charge in [-0.15, -0.1) is 11.7 Å². The Balaban J connectivity index is 1.54. The van der Waals surface area contributed by atoms with Crippen molar-refractivity contribution in [3.63, 3.8) is 0 Å². The minimum Gasteiger partial charge on any atom is -0.375 e. The van der Waals surface area contributed by atoms with Gasteiger partial charge in [0.2, 0.25) is 0 Å². The topological polar surface area (TPSA) is 43.2 Å². The van der Waals surface area contributed by atoms with E-state index in [2.05, 4.69) is 43.3 Å². The number of ether oxygens (including phenoxy) is 1. The molecule has 0 radical (unpaired) electrons. The van der Waals surface area contributed by atoms with Gasteiger partial charge in [0.1, 0.15) is 5.69 Å². The molecular formula is C18H24N4OS. The summed E-state index contributed by atoms with van der Waals surface area (Å²) in [5.74, 6) is 0.815. The first-order valence-electron chi connectivity index (χ1n) is 8.71. The van der Waals surface area contributed by atoms with Crippen molar-refractivity contribution < 1.29 is 4.74 Å². The third kappa shape index (κ3) is 3.45. The first-order valence-corrected chi connectivity index (χ1v) is 9.65. The minimum atomic E-state index is 0.182. The van der Waals surface area contributed by atoms with Crippen LogP contribution in [0.5, 0.6) is 0 Å². The van der Waals surface area contributed by atoms with Crippen molar-refractivity contribution in [2.24, 2.45) is 5.92 Å².